The first-order valence-corrected chi connectivity index (χ1v) is 9.17. The highest BCUT2D eigenvalue weighted by Gasteiger charge is 2.19. The molecule has 138 valence electrons. The summed E-state index contributed by atoms with van der Waals surface area (Å²) in [7, 11) is 1.64. The average Bonchev–Trinajstić information content (AvgIpc) is 3.03. The smallest absolute Gasteiger partial charge is 0.335 e. The molecule has 3 aromatic rings. The predicted molar refractivity (Wildman–Crippen MR) is 101 cm³/mol. The van der Waals surface area contributed by atoms with E-state index in [4.69, 9.17) is 9.47 Å². The van der Waals surface area contributed by atoms with Crippen LogP contribution in [0.15, 0.2) is 33.9 Å². The van der Waals surface area contributed by atoms with Gasteiger partial charge in [0.2, 0.25) is 6.29 Å². The van der Waals surface area contributed by atoms with E-state index in [2.05, 4.69) is 4.37 Å². The highest BCUT2D eigenvalue weighted by molar-refractivity contribution is 7.13. The Balaban J connectivity index is 2.19. The zero-order valence-electron chi connectivity index (χ0n) is 15.2. The molecule has 26 heavy (non-hydrogen) atoms. The molecule has 0 unspecified atom stereocenters. The zero-order valence-corrected chi connectivity index (χ0v) is 16.0. The van der Waals surface area contributed by atoms with Crippen LogP contribution in [0.3, 0.4) is 0 Å². The van der Waals surface area contributed by atoms with E-state index in [1.165, 1.54) is 22.2 Å². The van der Waals surface area contributed by atoms with Crippen LogP contribution in [0.2, 0.25) is 0 Å². The van der Waals surface area contributed by atoms with Crippen molar-refractivity contribution >= 4 is 21.6 Å². The van der Waals surface area contributed by atoms with E-state index in [1.807, 2.05) is 19.9 Å². The minimum Gasteiger partial charge on any atom is -0.347 e. The van der Waals surface area contributed by atoms with Gasteiger partial charge in [-0.15, -0.1) is 0 Å². The van der Waals surface area contributed by atoms with Crippen LogP contribution in [-0.4, -0.2) is 26.7 Å². The quantitative estimate of drug-likeness (QED) is 0.619. The van der Waals surface area contributed by atoms with Crippen LogP contribution in [0.1, 0.15) is 31.5 Å². The van der Waals surface area contributed by atoms with Crippen molar-refractivity contribution in [3.63, 3.8) is 0 Å². The summed E-state index contributed by atoms with van der Waals surface area (Å²) in [6, 6.07) is 6.84. The van der Waals surface area contributed by atoms with Crippen molar-refractivity contribution in [3.05, 3.63) is 56.5 Å². The van der Waals surface area contributed by atoms with Crippen LogP contribution < -0.4 is 11.2 Å². The van der Waals surface area contributed by atoms with Gasteiger partial charge in [0.25, 0.3) is 5.56 Å². The lowest BCUT2D eigenvalue weighted by atomic mass is 10.2. The number of benzene rings is 1. The molecule has 0 bridgehead atoms. The molecule has 2 heterocycles. The van der Waals surface area contributed by atoms with Gasteiger partial charge in [-0.1, -0.05) is 0 Å². The van der Waals surface area contributed by atoms with Gasteiger partial charge in [0.1, 0.15) is 5.69 Å². The second-order valence-corrected chi connectivity index (χ2v) is 6.60. The number of ether oxygens (including phenoxy) is 2. The Morgan fingerprint density at radius 3 is 2.50 bits per heavy atom. The van der Waals surface area contributed by atoms with Gasteiger partial charge >= 0.3 is 5.69 Å². The summed E-state index contributed by atoms with van der Waals surface area (Å²) in [5, 5.41) is 0.814. The normalized spacial score (nSPS) is 11.6. The summed E-state index contributed by atoms with van der Waals surface area (Å²) in [6.45, 7) is 6.48. The lowest BCUT2D eigenvalue weighted by Crippen LogP contribution is -2.38. The second-order valence-electron chi connectivity index (χ2n) is 5.79. The molecule has 0 spiro atoms. The van der Waals surface area contributed by atoms with E-state index in [-0.39, 0.29) is 11.2 Å². The SMILES string of the molecule is CCOC(OCC)c1nsc2ccc(-n3c(=O)cc(C)n(C)c3=O)cc12. The first kappa shape index (κ1) is 18.5. The molecule has 7 nitrogen and oxygen atoms in total. The standard InChI is InChI=1S/C18H21N3O4S/c1-5-24-17(25-6-2)16-13-10-12(7-8-14(13)26-19-16)21-15(22)9-11(3)20(4)18(21)23/h7-10,17H,5-6H2,1-4H3. The fraction of sp³-hybridized carbons (Fsp3) is 0.389. The minimum absolute atomic E-state index is 0.360. The third-order valence-corrected chi connectivity index (χ3v) is 5.00. The first-order valence-electron chi connectivity index (χ1n) is 8.40. The minimum atomic E-state index is -0.577. The van der Waals surface area contributed by atoms with Gasteiger partial charge in [0.05, 0.1) is 10.4 Å². The van der Waals surface area contributed by atoms with Crippen LogP contribution in [0.4, 0.5) is 0 Å². The highest BCUT2D eigenvalue weighted by Crippen LogP contribution is 2.31. The zero-order chi connectivity index (χ0) is 18.8. The van der Waals surface area contributed by atoms with E-state index < -0.39 is 6.29 Å². The third kappa shape index (κ3) is 3.23. The van der Waals surface area contributed by atoms with E-state index in [0.29, 0.717) is 30.3 Å². The van der Waals surface area contributed by atoms with Crippen molar-refractivity contribution < 1.29 is 9.47 Å². The Morgan fingerprint density at radius 1 is 1.15 bits per heavy atom. The Bertz CT molecular complexity index is 1040. The Kier molecular flexibility index (Phi) is 5.36. The number of aryl methyl sites for hydroxylation is 1. The highest BCUT2D eigenvalue weighted by atomic mass is 32.1. The molecule has 0 saturated heterocycles. The van der Waals surface area contributed by atoms with E-state index in [9.17, 15) is 9.59 Å². The van der Waals surface area contributed by atoms with Gasteiger partial charge in [-0.2, -0.15) is 4.37 Å². The van der Waals surface area contributed by atoms with E-state index in [0.717, 1.165) is 14.7 Å². The topological polar surface area (TPSA) is 75.3 Å². The van der Waals surface area contributed by atoms with Crippen molar-refractivity contribution in [2.45, 2.75) is 27.1 Å². The maximum Gasteiger partial charge on any atom is 0.335 e. The molecule has 1 aromatic carbocycles. The second kappa shape index (κ2) is 7.53. The summed E-state index contributed by atoms with van der Waals surface area (Å²) < 4.78 is 19.3. The van der Waals surface area contributed by atoms with E-state index >= 15 is 0 Å². The number of rotatable bonds is 6. The lowest BCUT2D eigenvalue weighted by molar-refractivity contribution is -0.141. The summed E-state index contributed by atoms with van der Waals surface area (Å²) >= 11 is 1.33. The first-order chi connectivity index (χ1) is 12.5. The van der Waals surface area contributed by atoms with Gasteiger partial charge in [0.15, 0.2) is 0 Å². The fourth-order valence-corrected chi connectivity index (χ4v) is 3.51. The molecule has 0 amide bonds. The molecule has 0 radical (unpaired) electrons. The van der Waals surface area contributed by atoms with Gasteiger partial charge in [-0.05, 0) is 50.5 Å². The molecular formula is C18H21N3O4S. The van der Waals surface area contributed by atoms with Gasteiger partial charge in [0, 0.05) is 37.4 Å². The molecule has 0 N–H and O–H groups in total. The summed E-state index contributed by atoms with van der Waals surface area (Å²) in [5.41, 5.74) is 1.03. The van der Waals surface area contributed by atoms with Gasteiger partial charge in [-0.3, -0.25) is 4.79 Å². The Hall–Kier alpha value is -2.29. The van der Waals surface area contributed by atoms with Gasteiger partial charge < -0.3 is 14.0 Å². The molecule has 0 aliphatic heterocycles. The molecular weight excluding hydrogens is 354 g/mol. The largest absolute Gasteiger partial charge is 0.347 e. The Labute approximate surface area is 154 Å². The molecule has 8 heteroatoms. The molecule has 0 aliphatic rings. The van der Waals surface area contributed by atoms with Crippen molar-refractivity contribution in [1.82, 2.24) is 13.5 Å². The van der Waals surface area contributed by atoms with Crippen molar-refractivity contribution in [2.24, 2.45) is 7.05 Å². The summed E-state index contributed by atoms with van der Waals surface area (Å²) in [5.74, 6) is 0. The average molecular weight is 375 g/mol. The van der Waals surface area contributed by atoms with Crippen molar-refractivity contribution in [2.75, 3.05) is 13.2 Å². The molecule has 0 saturated carbocycles. The number of fused-ring (bicyclic) bond motifs is 1. The molecule has 3 rings (SSSR count). The summed E-state index contributed by atoms with van der Waals surface area (Å²) in [4.78, 5) is 25.0. The number of nitrogens with zero attached hydrogens (tertiary/aromatic N) is 3. The number of aromatic nitrogens is 3. The van der Waals surface area contributed by atoms with Crippen LogP contribution in [0.25, 0.3) is 15.8 Å². The lowest BCUT2D eigenvalue weighted by Gasteiger charge is -2.15. The van der Waals surface area contributed by atoms with Crippen LogP contribution in [0.5, 0.6) is 0 Å². The third-order valence-electron chi connectivity index (χ3n) is 4.16. The maximum atomic E-state index is 12.6. The predicted octanol–water partition coefficient (Wildman–Crippen LogP) is 2.53. The summed E-state index contributed by atoms with van der Waals surface area (Å²) in [6.07, 6.45) is -0.577. The molecule has 2 aromatic heterocycles. The van der Waals surface area contributed by atoms with Crippen molar-refractivity contribution in [3.8, 4) is 5.69 Å². The molecule has 0 aliphatic carbocycles. The monoisotopic (exact) mass is 375 g/mol. The Morgan fingerprint density at radius 2 is 1.85 bits per heavy atom. The van der Waals surface area contributed by atoms with E-state index in [1.54, 1.807) is 26.1 Å². The molecule has 0 fully saturated rings. The van der Waals surface area contributed by atoms with Crippen LogP contribution in [0, 0.1) is 6.92 Å². The number of hydrogen-bond acceptors (Lipinski definition) is 6. The number of hydrogen-bond donors (Lipinski definition) is 0. The van der Waals surface area contributed by atoms with Gasteiger partial charge in [-0.25, -0.2) is 9.36 Å². The van der Waals surface area contributed by atoms with Crippen LogP contribution >= 0.6 is 11.5 Å². The van der Waals surface area contributed by atoms with Crippen LogP contribution in [-0.2, 0) is 16.5 Å². The maximum absolute atomic E-state index is 12.6. The van der Waals surface area contributed by atoms with Crippen molar-refractivity contribution in [1.29, 1.82) is 0 Å². The molecule has 0 atom stereocenters. The fourth-order valence-electron chi connectivity index (χ4n) is 2.74.